The molecule has 0 aromatic carbocycles. The van der Waals surface area contributed by atoms with Crippen LogP contribution in [0.1, 0.15) is 56.5 Å². The predicted molar refractivity (Wildman–Crippen MR) is 62.4 cm³/mol. The molecule has 0 unspecified atom stereocenters. The molecular formula is C12H19N3. The van der Waals surface area contributed by atoms with E-state index in [1.165, 1.54) is 16.9 Å². The molecule has 1 N–H and O–H groups in total. The van der Waals surface area contributed by atoms with E-state index in [1.807, 2.05) is 0 Å². The van der Waals surface area contributed by atoms with Gasteiger partial charge in [-0.15, -0.1) is 0 Å². The molecule has 1 aliphatic heterocycles. The molecule has 2 heterocycles. The van der Waals surface area contributed by atoms with E-state index in [0.29, 0.717) is 11.8 Å². The minimum Gasteiger partial charge on any atom is -0.383 e. The zero-order valence-electron chi connectivity index (χ0n) is 9.96. The van der Waals surface area contributed by atoms with Crippen LogP contribution in [0.4, 0.5) is 5.69 Å². The van der Waals surface area contributed by atoms with Gasteiger partial charge < -0.3 is 5.32 Å². The van der Waals surface area contributed by atoms with E-state index in [9.17, 15) is 0 Å². The van der Waals surface area contributed by atoms with E-state index in [-0.39, 0.29) is 0 Å². The van der Waals surface area contributed by atoms with Gasteiger partial charge >= 0.3 is 0 Å². The third-order valence-corrected chi connectivity index (χ3v) is 2.90. The van der Waals surface area contributed by atoms with E-state index in [2.05, 4.69) is 43.2 Å². The van der Waals surface area contributed by atoms with Gasteiger partial charge in [0.05, 0.1) is 17.1 Å². The Labute approximate surface area is 91.3 Å². The van der Waals surface area contributed by atoms with E-state index in [4.69, 9.17) is 0 Å². The lowest BCUT2D eigenvalue weighted by Gasteiger charge is -2.14. The third kappa shape index (κ3) is 1.71. The second-order valence-electron chi connectivity index (χ2n) is 4.81. The molecule has 82 valence electrons. The maximum absolute atomic E-state index is 4.38. The largest absolute Gasteiger partial charge is 0.383 e. The minimum absolute atomic E-state index is 0.443. The molecule has 0 fully saturated rings. The van der Waals surface area contributed by atoms with E-state index < -0.39 is 0 Å². The zero-order valence-corrected chi connectivity index (χ0v) is 9.96. The van der Waals surface area contributed by atoms with Crippen molar-refractivity contribution in [1.29, 1.82) is 0 Å². The van der Waals surface area contributed by atoms with Gasteiger partial charge in [0.25, 0.3) is 0 Å². The van der Waals surface area contributed by atoms with Crippen LogP contribution in [-0.4, -0.2) is 16.7 Å². The van der Waals surface area contributed by atoms with Gasteiger partial charge in [-0.2, -0.15) is 10.2 Å². The predicted octanol–water partition coefficient (Wildman–Crippen LogP) is 2.69. The molecule has 3 heteroatoms. The van der Waals surface area contributed by atoms with E-state index in [0.717, 1.165) is 18.7 Å². The Morgan fingerprint density at radius 1 is 1.00 bits per heavy atom. The summed E-state index contributed by atoms with van der Waals surface area (Å²) in [6, 6.07) is 0. The quantitative estimate of drug-likeness (QED) is 0.806. The van der Waals surface area contributed by atoms with Crippen LogP contribution in [0.15, 0.2) is 0 Å². The lowest BCUT2D eigenvalue weighted by molar-refractivity contribution is 0.727. The highest BCUT2D eigenvalue weighted by molar-refractivity contribution is 5.61. The monoisotopic (exact) mass is 205 g/mol. The molecule has 0 spiro atoms. The highest BCUT2D eigenvalue weighted by Crippen LogP contribution is 2.33. The van der Waals surface area contributed by atoms with Crippen molar-refractivity contribution in [3.8, 4) is 0 Å². The van der Waals surface area contributed by atoms with Crippen LogP contribution in [0.2, 0.25) is 0 Å². The Kier molecular flexibility index (Phi) is 2.63. The number of hydrogen-bond acceptors (Lipinski definition) is 3. The number of nitrogens with zero attached hydrogens (tertiary/aromatic N) is 2. The fraction of sp³-hybridized carbons (Fsp3) is 0.667. The normalized spacial score (nSPS) is 14.5. The first kappa shape index (κ1) is 10.4. The molecule has 0 saturated heterocycles. The maximum atomic E-state index is 4.38. The first-order valence-corrected chi connectivity index (χ1v) is 5.74. The lowest BCUT2D eigenvalue weighted by Crippen LogP contribution is -2.06. The van der Waals surface area contributed by atoms with Crippen LogP contribution < -0.4 is 5.32 Å². The second-order valence-corrected chi connectivity index (χ2v) is 4.81. The summed E-state index contributed by atoms with van der Waals surface area (Å²) in [6.07, 6.45) is 1.10. The molecule has 0 saturated carbocycles. The van der Waals surface area contributed by atoms with E-state index >= 15 is 0 Å². The van der Waals surface area contributed by atoms with Crippen LogP contribution in [0.25, 0.3) is 0 Å². The van der Waals surface area contributed by atoms with E-state index in [1.54, 1.807) is 0 Å². The molecule has 0 atom stereocenters. The average Bonchev–Trinajstić information content (AvgIpc) is 2.63. The van der Waals surface area contributed by atoms with Gasteiger partial charge in [0, 0.05) is 12.1 Å². The van der Waals surface area contributed by atoms with Crippen LogP contribution in [0, 0.1) is 0 Å². The Balaban J connectivity index is 2.54. The molecule has 1 aromatic heterocycles. The summed E-state index contributed by atoms with van der Waals surface area (Å²) in [5.41, 5.74) is 4.93. The van der Waals surface area contributed by atoms with Gasteiger partial charge in [-0.3, -0.25) is 0 Å². The van der Waals surface area contributed by atoms with Crippen LogP contribution in [-0.2, 0) is 6.42 Å². The SMILES string of the molecule is CC(C)c1nnc(C(C)C)c2c1CCN2. The second kappa shape index (κ2) is 3.80. The number of nitrogens with one attached hydrogen (secondary N) is 1. The van der Waals surface area contributed by atoms with Gasteiger partial charge in [-0.25, -0.2) is 0 Å². The summed E-state index contributed by atoms with van der Waals surface area (Å²) in [7, 11) is 0. The Morgan fingerprint density at radius 3 is 2.20 bits per heavy atom. The lowest BCUT2D eigenvalue weighted by atomic mass is 9.99. The molecule has 15 heavy (non-hydrogen) atoms. The number of anilines is 1. The van der Waals surface area contributed by atoms with Gasteiger partial charge in [0.2, 0.25) is 0 Å². The number of rotatable bonds is 2. The summed E-state index contributed by atoms with van der Waals surface area (Å²) in [5.74, 6) is 0.908. The Hall–Kier alpha value is -1.12. The minimum atomic E-state index is 0.443. The summed E-state index contributed by atoms with van der Waals surface area (Å²) < 4.78 is 0. The fourth-order valence-corrected chi connectivity index (χ4v) is 2.13. The van der Waals surface area contributed by atoms with Gasteiger partial charge in [-0.05, 0) is 18.3 Å². The number of fused-ring (bicyclic) bond motifs is 1. The van der Waals surface area contributed by atoms with Crippen molar-refractivity contribution >= 4 is 5.69 Å². The first-order chi connectivity index (χ1) is 7.11. The summed E-state index contributed by atoms with van der Waals surface area (Å²) in [4.78, 5) is 0. The van der Waals surface area contributed by atoms with Crippen LogP contribution >= 0.6 is 0 Å². The Morgan fingerprint density at radius 2 is 1.60 bits per heavy atom. The van der Waals surface area contributed by atoms with Gasteiger partial charge in [-0.1, -0.05) is 27.7 Å². The molecule has 3 nitrogen and oxygen atoms in total. The van der Waals surface area contributed by atoms with Crippen molar-refractivity contribution in [3.63, 3.8) is 0 Å². The maximum Gasteiger partial charge on any atom is 0.0890 e. The highest BCUT2D eigenvalue weighted by atomic mass is 15.1. The van der Waals surface area contributed by atoms with Gasteiger partial charge in [0.15, 0.2) is 0 Å². The zero-order chi connectivity index (χ0) is 11.0. The van der Waals surface area contributed by atoms with Crippen molar-refractivity contribution in [3.05, 3.63) is 17.0 Å². The van der Waals surface area contributed by atoms with Crippen LogP contribution in [0.3, 0.4) is 0 Å². The molecule has 0 amide bonds. The molecule has 0 radical (unpaired) electrons. The first-order valence-electron chi connectivity index (χ1n) is 5.74. The standard InChI is InChI=1S/C12H19N3/c1-7(2)10-9-5-6-13-12(9)11(8(3)4)15-14-10/h7-8,13H,5-6H2,1-4H3. The molecule has 2 rings (SSSR count). The molecule has 0 bridgehead atoms. The summed E-state index contributed by atoms with van der Waals surface area (Å²) in [6.45, 7) is 9.72. The fourth-order valence-electron chi connectivity index (χ4n) is 2.13. The highest BCUT2D eigenvalue weighted by Gasteiger charge is 2.23. The molecule has 0 aliphatic carbocycles. The summed E-state index contributed by atoms with van der Waals surface area (Å²) >= 11 is 0. The van der Waals surface area contributed by atoms with Crippen molar-refractivity contribution in [2.45, 2.75) is 46.0 Å². The molecule has 1 aliphatic rings. The van der Waals surface area contributed by atoms with Crippen LogP contribution in [0.5, 0.6) is 0 Å². The Bertz CT molecular complexity index is 334. The molecular weight excluding hydrogens is 186 g/mol. The number of aromatic nitrogens is 2. The smallest absolute Gasteiger partial charge is 0.0890 e. The average molecular weight is 205 g/mol. The van der Waals surface area contributed by atoms with Crippen molar-refractivity contribution in [1.82, 2.24) is 10.2 Å². The topological polar surface area (TPSA) is 37.8 Å². The van der Waals surface area contributed by atoms with Crippen molar-refractivity contribution < 1.29 is 0 Å². The number of hydrogen-bond donors (Lipinski definition) is 1. The molecule has 1 aromatic rings. The van der Waals surface area contributed by atoms with Crippen molar-refractivity contribution in [2.75, 3.05) is 11.9 Å². The third-order valence-electron chi connectivity index (χ3n) is 2.90. The summed E-state index contributed by atoms with van der Waals surface area (Å²) in [5, 5.41) is 12.2. The van der Waals surface area contributed by atoms with Crippen molar-refractivity contribution in [2.24, 2.45) is 0 Å². The van der Waals surface area contributed by atoms with Gasteiger partial charge in [0.1, 0.15) is 0 Å².